The van der Waals surface area contributed by atoms with Crippen LogP contribution in [0.3, 0.4) is 0 Å². The van der Waals surface area contributed by atoms with Gasteiger partial charge in [-0.3, -0.25) is 9.48 Å². The van der Waals surface area contributed by atoms with E-state index < -0.39 is 0 Å². The number of rotatable bonds is 7. The third kappa shape index (κ3) is 5.55. The average Bonchev–Trinajstić information content (AvgIpc) is 3.10. The van der Waals surface area contributed by atoms with E-state index in [-0.39, 0.29) is 11.3 Å². The number of ether oxygens (including phenoxy) is 1. The lowest BCUT2D eigenvalue weighted by molar-refractivity contribution is 0.0938. The third-order valence-electron chi connectivity index (χ3n) is 4.81. The van der Waals surface area contributed by atoms with Gasteiger partial charge in [-0.1, -0.05) is 75.4 Å². The highest BCUT2D eigenvalue weighted by Gasteiger charge is 2.21. The zero-order valence-electron chi connectivity index (χ0n) is 17.6. The van der Waals surface area contributed by atoms with Crippen molar-refractivity contribution in [1.82, 2.24) is 15.1 Å². The van der Waals surface area contributed by atoms with Crippen molar-refractivity contribution in [2.75, 3.05) is 0 Å². The Bertz CT molecular complexity index is 956. The van der Waals surface area contributed by atoms with Gasteiger partial charge < -0.3 is 10.1 Å². The van der Waals surface area contributed by atoms with Gasteiger partial charge in [0.15, 0.2) is 0 Å². The Hall–Kier alpha value is -2.92. The number of hydrogen-bond donors (Lipinski definition) is 1. The number of carbonyl (C=O) groups is 1. The molecule has 3 rings (SSSR count). The number of carbonyl (C=O) groups excluding carboxylic acids is 1. The first-order valence-corrected chi connectivity index (χ1v) is 9.86. The minimum absolute atomic E-state index is 0.0982. The van der Waals surface area contributed by atoms with Crippen molar-refractivity contribution in [3.8, 4) is 0 Å². The summed E-state index contributed by atoms with van der Waals surface area (Å²) in [5.41, 5.74) is 4.63. The van der Waals surface area contributed by atoms with E-state index in [2.05, 4.69) is 31.2 Å². The largest absolute Gasteiger partial charge is 0.372 e. The predicted octanol–water partition coefficient (Wildman–Crippen LogP) is 4.36. The van der Waals surface area contributed by atoms with Gasteiger partial charge in [0.25, 0.3) is 5.91 Å². The van der Waals surface area contributed by atoms with E-state index in [4.69, 9.17) is 4.74 Å². The van der Waals surface area contributed by atoms with E-state index in [0.717, 1.165) is 22.4 Å². The standard InChI is InChI=1S/C24H29N3O2/c1-24(2,3)22-14-21(27(4)26-22)23(28)25-15-19-12-8-9-13-20(19)17-29-16-18-10-6-5-7-11-18/h5-14H,15-17H2,1-4H3,(H,25,28). The molecule has 0 saturated heterocycles. The Morgan fingerprint density at radius 1 is 1.00 bits per heavy atom. The maximum atomic E-state index is 12.7. The highest BCUT2D eigenvalue weighted by molar-refractivity contribution is 5.92. The number of hydrogen-bond acceptors (Lipinski definition) is 3. The van der Waals surface area contributed by atoms with Gasteiger partial charge in [0, 0.05) is 19.0 Å². The molecule has 1 heterocycles. The quantitative estimate of drug-likeness (QED) is 0.651. The molecule has 0 aliphatic carbocycles. The van der Waals surface area contributed by atoms with Crippen LogP contribution >= 0.6 is 0 Å². The van der Waals surface area contributed by atoms with Gasteiger partial charge in [-0.15, -0.1) is 0 Å². The average molecular weight is 392 g/mol. The summed E-state index contributed by atoms with van der Waals surface area (Å²) in [6.45, 7) is 7.76. The lowest BCUT2D eigenvalue weighted by atomic mass is 9.92. The Morgan fingerprint density at radius 2 is 1.66 bits per heavy atom. The number of benzene rings is 2. The molecule has 0 unspecified atom stereocenters. The van der Waals surface area contributed by atoms with Crippen molar-refractivity contribution in [2.24, 2.45) is 7.05 Å². The van der Waals surface area contributed by atoms with E-state index in [9.17, 15) is 4.79 Å². The summed E-state index contributed by atoms with van der Waals surface area (Å²) in [7, 11) is 1.80. The molecule has 2 aromatic carbocycles. The van der Waals surface area contributed by atoms with Crippen molar-refractivity contribution in [3.63, 3.8) is 0 Å². The van der Waals surface area contributed by atoms with Gasteiger partial charge in [-0.25, -0.2) is 0 Å². The van der Waals surface area contributed by atoms with Gasteiger partial charge >= 0.3 is 0 Å². The molecule has 0 fully saturated rings. The Labute approximate surface area is 172 Å². The van der Waals surface area contributed by atoms with E-state index in [1.807, 2.05) is 60.7 Å². The Morgan fingerprint density at radius 3 is 2.31 bits per heavy atom. The van der Waals surface area contributed by atoms with Crippen LogP contribution in [0.1, 0.15) is 53.6 Å². The normalized spacial score (nSPS) is 11.4. The number of aromatic nitrogens is 2. The maximum absolute atomic E-state index is 12.7. The first-order valence-electron chi connectivity index (χ1n) is 9.86. The summed E-state index contributed by atoms with van der Waals surface area (Å²) in [6, 6.07) is 20.0. The van der Waals surface area contributed by atoms with Crippen molar-refractivity contribution in [3.05, 3.63) is 88.7 Å². The molecule has 152 valence electrons. The molecule has 0 bridgehead atoms. The highest BCUT2D eigenvalue weighted by atomic mass is 16.5. The molecule has 1 N–H and O–H groups in total. The monoisotopic (exact) mass is 391 g/mol. The van der Waals surface area contributed by atoms with Crippen LogP contribution in [0, 0.1) is 0 Å². The SMILES string of the molecule is Cn1nc(C(C)(C)C)cc1C(=O)NCc1ccccc1COCc1ccccc1. The Balaban J connectivity index is 1.61. The van der Waals surface area contributed by atoms with Gasteiger partial charge in [0.2, 0.25) is 0 Å². The van der Waals surface area contributed by atoms with Crippen LogP contribution in [0.4, 0.5) is 0 Å². The summed E-state index contributed by atoms with van der Waals surface area (Å²) < 4.78 is 7.51. The van der Waals surface area contributed by atoms with Gasteiger partial charge in [-0.05, 0) is 22.8 Å². The fourth-order valence-corrected chi connectivity index (χ4v) is 3.04. The molecule has 5 nitrogen and oxygen atoms in total. The lowest BCUT2D eigenvalue weighted by Crippen LogP contribution is -2.25. The van der Waals surface area contributed by atoms with Crippen LogP contribution < -0.4 is 5.32 Å². The van der Waals surface area contributed by atoms with Crippen LogP contribution in [0.5, 0.6) is 0 Å². The molecule has 0 aliphatic heterocycles. The molecule has 0 aliphatic rings. The molecule has 0 radical (unpaired) electrons. The maximum Gasteiger partial charge on any atom is 0.269 e. The predicted molar refractivity (Wildman–Crippen MR) is 114 cm³/mol. The van der Waals surface area contributed by atoms with E-state index in [1.165, 1.54) is 0 Å². The highest BCUT2D eigenvalue weighted by Crippen LogP contribution is 2.21. The second-order valence-electron chi connectivity index (χ2n) is 8.22. The summed E-state index contributed by atoms with van der Waals surface area (Å²) in [6.07, 6.45) is 0. The van der Waals surface area contributed by atoms with E-state index >= 15 is 0 Å². The van der Waals surface area contributed by atoms with E-state index in [1.54, 1.807) is 11.7 Å². The number of nitrogens with zero attached hydrogens (tertiary/aromatic N) is 2. The smallest absolute Gasteiger partial charge is 0.269 e. The zero-order chi connectivity index (χ0) is 20.9. The molecule has 5 heteroatoms. The summed E-state index contributed by atoms with van der Waals surface area (Å²) in [5, 5.41) is 7.49. The minimum atomic E-state index is -0.129. The summed E-state index contributed by atoms with van der Waals surface area (Å²) in [5.74, 6) is -0.129. The molecule has 29 heavy (non-hydrogen) atoms. The van der Waals surface area contributed by atoms with Crippen molar-refractivity contribution < 1.29 is 9.53 Å². The fraction of sp³-hybridized carbons (Fsp3) is 0.333. The van der Waals surface area contributed by atoms with Crippen molar-refractivity contribution in [1.29, 1.82) is 0 Å². The molecule has 3 aromatic rings. The summed E-state index contributed by atoms with van der Waals surface area (Å²) in [4.78, 5) is 12.7. The fourth-order valence-electron chi connectivity index (χ4n) is 3.04. The Kier molecular flexibility index (Phi) is 6.49. The minimum Gasteiger partial charge on any atom is -0.372 e. The molecule has 1 aromatic heterocycles. The van der Waals surface area contributed by atoms with Crippen LogP contribution in [-0.4, -0.2) is 15.7 Å². The van der Waals surface area contributed by atoms with E-state index in [0.29, 0.717) is 25.5 Å². The lowest BCUT2D eigenvalue weighted by Gasteiger charge is -2.13. The number of aryl methyl sites for hydroxylation is 1. The molecular weight excluding hydrogens is 362 g/mol. The summed E-state index contributed by atoms with van der Waals surface area (Å²) >= 11 is 0. The zero-order valence-corrected chi connectivity index (χ0v) is 17.6. The van der Waals surface area contributed by atoms with Crippen molar-refractivity contribution >= 4 is 5.91 Å². The van der Waals surface area contributed by atoms with Crippen LogP contribution in [0.15, 0.2) is 60.7 Å². The molecular formula is C24H29N3O2. The van der Waals surface area contributed by atoms with Crippen LogP contribution in [-0.2, 0) is 37.0 Å². The van der Waals surface area contributed by atoms with Crippen molar-refractivity contribution in [2.45, 2.75) is 45.9 Å². The second-order valence-corrected chi connectivity index (χ2v) is 8.22. The van der Waals surface area contributed by atoms with Crippen LogP contribution in [0.25, 0.3) is 0 Å². The third-order valence-corrected chi connectivity index (χ3v) is 4.81. The molecule has 0 saturated carbocycles. The first-order chi connectivity index (χ1) is 13.8. The van der Waals surface area contributed by atoms with Gasteiger partial charge in [0.05, 0.1) is 18.9 Å². The second kappa shape index (κ2) is 9.05. The molecule has 0 spiro atoms. The molecule has 0 atom stereocenters. The molecule has 1 amide bonds. The van der Waals surface area contributed by atoms with Gasteiger partial charge in [-0.2, -0.15) is 5.10 Å². The van der Waals surface area contributed by atoms with Crippen LogP contribution in [0.2, 0.25) is 0 Å². The van der Waals surface area contributed by atoms with Gasteiger partial charge in [0.1, 0.15) is 5.69 Å². The number of nitrogens with one attached hydrogen (secondary N) is 1. The number of amides is 1. The first kappa shape index (κ1) is 20.8. The topological polar surface area (TPSA) is 56.2 Å².